The summed E-state index contributed by atoms with van der Waals surface area (Å²) in [5.74, 6) is 1.35. The highest BCUT2D eigenvalue weighted by atomic mass is 35.5. The minimum Gasteiger partial charge on any atom is -0.497 e. The lowest BCUT2D eigenvalue weighted by Crippen LogP contribution is -2.56. The molecule has 1 saturated heterocycles. The predicted octanol–water partition coefficient (Wildman–Crippen LogP) is 3.92. The molecule has 138 valence electrons. The molecule has 2 atom stereocenters. The van der Waals surface area contributed by atoms with Crippen LogP contribution in [0, 0.1) is 0 Å². The third-order valence-corrected chi connectivity index (χ3v) is 5.84. The second-order valence-corrected chi connectivity index (χ2v) is 7.37. The number of methoxy groups -OCH3 is 2. The van der Waals surface area contributed by atoms with E-state index in [4.69, 9.17) is 21.1 Å². The van der Waals surface area contributed by atoms with Crippen LogP contribution in [0.15, 0.2) is 48.5 Å². The smallest absolute Gasteiger partial charge is 0.250 e. The SMILES string of the molecule is COc1ccc(-c2nnc(N3C(=O)C(Cl)C3c3ccc(OC)cc3)s2)cc1. The summed E-state index contributed by atoms with van der Waals surface area (Å²) in [5.41, 5.74) is 1.84. The van der Waals surface area contributed by atoms with Gasteiger partial charge in [0, 0.05) is 5.56 Å². The number of alkyl halides is 1. The molecule has 4 rings (SSSR count). The molecule has 1 aliphatic heterocycles. The van der Waals surface area contributed by atoms with Gasteiger partial charge in [-0.2, -0.15) is 0 Å². The second kappa shape index (κ2) is 7.17. The molecule has 3 aromatic rings. The van der Waals surface area contributed by atoms with Crippen molar-refractivity contribution in [3.05, 3.63) is 54.1 Å². The summed E-state index contributed by atoms with van der Waals surface area (Å²) in [6, 6.07) is 14.8. The monoisotopic (exact) mass is 401 g/mol. The van der Waals surface area contributed by atoms with Crippen molar-refractivity contribution in [1.82, 2.24) is 10.2 Å². The number of nitrogens with zero attached hydrogens (tertiary/aromatic N) is 3. The van der Waals surface area contributed by atoms with Crippen molar-refractivity contribution in [2.24, 2.45) is 0 Å². The number of ether oxygens (including phenoxy) is 2. The maximum Gasteiger partial charge on any atom is 0.250 e. The van der Waals surface area contributed by atoms with Gasteiger partial charge in [0.2, 0.25) is 11.0 Å². The van der Waals surface area contributed by atoms with Crippen molar-refractivity contribution in [3.63, 3.8) is 0 Å². The normalized spacial score (nSPS) is 18.9. The van der Waals surface area contributed by atoms with Crippen LogP contribution in [0.1, 0.15) is 11.6 Å². The molecule has 6 nitrogen and oxygen atoms in total. The quantitative estimate of drug-likeness (QED) is 0.479. The first-order valence-electron chi connectivity index (χ1n) is 8.21. The molecule has 2 heterocycles. The molecular weight excluding hydrogens is 386 g/mol. The fourth-order valence-electron chi connectivity index (χ4n) is 2.95. The van der Waals surface area contributed by atoms with Crippen LogP contribution in [-0.4, -0.2) is 35.7 Å². The van der Waals surface area contributed by atoms with Gasteiger partial charge in [0.15, 0.2) is 0 Å². The highest BCUT2D eigenvalue weighted by molar-refractivity contribution is 7.18. The van der Waals surface area contributed by atoms with Crippen LogP contribution in [0.3, 0.4) is 0 Å². The third-order valence-electron chi connectivity index (χ3n) is 4.44. The Bertz CT molecular complexity index is 959. The maximum absolute atomic E-state index is 12.4. The van der Waals surface area contributed by atoms with E-state index in [9.17, 15) is 4.79 Å². The molecule has 0 aliphatic carbocycles. The number of rotatable bonds is 5. The van der Waals surface area contributed by atoms with E-state index in [1.165, 1.54) is 11.3 Å². The fraction of sp³-hybridized carbons (Fsp3) is 0.211. The minimum absolute atomic E-state index is 0.171. The van der Waals surface area contributed by atoms with Gasteiger partial charge in [0.05, 0.1) is 20.3 Å². The number of carbonyl (C=O) groups excluding carboxylic acids is 1. The number of benzene rings is 2. The average Bonchev–Trinajstić information content (AvgIpc) is 3.20. The van der Waals surface area contributed by atoms with E-state index in [1.54, 1.807) is 19.1 Å². The van der Waals surface area contributed by atoms with Crippen LogP contribution in [0.25, 0.3) is 10.6 Å². The van der Waals surface area contributed by atoms with Crippen molar-refractivity contribution < 1.29 is 14.3 Å². The number of β-lactam (4-membered cyclic amide) rings is 1. The minimum atomic E-state index is -0.619. The van der Waals surface area contributed by atoms with Crippen LogP contribution >= 0.6 is 22.9 Å². The van der Waals surface area contributed by atoms with Crippen molar-refractivity contribution >= 4 is 34.0 Å². The summed E-state index contributed by atoms with van der Waals surface area (Å²) in [7, 11) is 3.23. The molecule has 8 heteroatoms. The summed E-state index contributed by atoms with van der Waals surface area (Å²) in [4.78, 5) is 14.0. The fourth-order valence-corrected chi connectivity index (χ4v) is 4.20. The highest BCUT2D eigenvalue weighted by Gasteiger charge is 2.49. The number of aromatic nitrogens is 2. The lowest BCUT2D eigenvalue weighted by molar-refractivity contribution is -0.123. The summed E-state index contributed by atoms with van der Waals surface area (Å²) in [5, 5.41) is 9.08. The first-order valence-corrected chi connectivity index (χ1v) is 9.46. The molecule has 2 unspecified atom stereocenters. The largest absolute Gasteiger partial charge is 0.497 e. The Morgan fingerprint density at radius 1 is 0.963 bits per heavy atom. The van der Waals surface area contributed by atoms with Gasteiger partial charge >= 0.3 is 0 Å². The Morgan fingerprint density at radius 2 is 1.56 bits per heavy atom. The number of carbonyl (C=O) groups is 1. The first-order chi connectivity index (χ1) is 13.1. The number of hydrogen-bond donors (Lipinski definition) is 0. The summed E-state index contributed by atoms with van der Waals surface area (Å²) < 4.78 is 10.4. The van der Waals surface area contributed by atoms with E-state index in [-0.39, 0.29) is 11.9 Å². The highest BCUT2D eigenvalue weighted by Crippen LogP contribution is 2.44. The van der Waals surface area contributed by atoms with Gasteiger partial charge < -0.3 is 9.47 Å². The van der Waals surface area contributed by atoms with Gasteiger partial charge in [-0.15, -0.1) is 21.8 Å². The molecule has 1 fully saturated rings. The standard InChI is InChI=1S/C19H16ClN3O3S/c1-25-13-7-3-11(4-8-13)16-15(20)18(24)23(16)19-22-21-17(27-19)12-5-9-14(26-2)10-6-12/h3-10,15-16H,1-2H3. The molecule has 1 aliphatic rings. The Labute approximate surface area is 165 Å². The number of amides is 1. The molecule has 0 spiro atoms. The first kappa shape index (κ1) is 17.8. The van der Waals surface area contributed by atoms with Crippen LogP contribution in [0.4, 0.5) is 5.13 Å². The molecule has 0 saturated carbocycles. The van der Waals surface area contributed by atoms with Crippen molar-refractivity contribution in [1.29, 1.82) is 0 Å². The van der Waals surface area contributed by atoms with Crippen molar-refractivity contribution in [2.45, 2.75) is 11.4 Å². The number of anilines is 1. The van der Waals surface area contributed by atoms with Gasteiger partial charge in [0.25, 0.3) is 0 Å². The lowest BCUT2D eigenvalue weighted by Gasteiger charge is -2.42. The van der Waals surface area contributed by atoms with Crippen molar-refractivity contribution in [2.75, 3.05) is 19.1 Å². The summed E-state index contributed by atoms with van der Waals surface area (Å²) >= 11 is 7.65. The van der Waals surface area contributed by atoms with Crippen LogP contribution in [-0.2, 0) is 4.79 Å². The van der Waals surface area contributed by atoms with E-state index in [2.05, 4.69) is 10.2 Å². The topological polar surface area (TPSA) is 64.6 Å². The molecule has 1 amide bonds. The van der Waals surface area contributed by atoms with Crippen molar-refractivity contribution in [3.8, 4) is 22.1 Å². The number of halogens is 1. The molecule has 0 bridgehead atoms. The molecular formula is C19H16ClN3O3S. The molecule has 0 N–H and O–H groups in total. The Kier molecular flexibility index (Phi) is 4.72. The predicted molar refractivity (Wildman–Crippen MR) is 105 cm³/mol. The lowest BCUT2D eigenvalue weighted by atomic mass is 9.94. The van der Waals surface area contributed by atoms with Gasteiger partial charge in [-0.05, 0) is 42.0 Å². The maximum atomic E-state index is 12.4. The van der Waals surface area contributed by atoms with E-state index < -0.39 is 5.38 Å². The molecule has 27 heavy (non-hydrogen) atoms. The molecule has 1 aromatic heterocycles. The Morgan fingerprint density at radius 3 is 2.15 bits per heavy atom. The Hall–Kier alpha value is -2.64. The van der Waals surface area contributed by atoms with E-state index >= 15 is 0 Å². The molecule has 2 aromatic carbocycles. The second-order valence-electron chi connectivity index (χ2n) is 5.95. The van der Waals surface area contributed by atoms with Gasteiger partial charge in [-0.25, -0.2) is 0 Å². The van der Waals surface area contributed by atoms with E-state index in [0.29, 0.717) is 5.13 Å². The third kappa shape index (κ3) is 3.13. The Balaban J connectivity index is 1.61. The van der Waals surface area contributed by atoms with Gasteiger partial charge in [-0.1, -0.05) is 23.5 Å². The summed E-state index contributed by atoms with van der Waals surface area (Å²) in [6.45, 7) is 0. The summed E-state index contributed by atoms with van der Waals surface area (Å²) in [6.07, 6.45) is 0. The van der Waals surface area contributed by atoms with Gasteiger partial charge in [0.1, 0.15) is 21.9 Å². The number of hydrogen-bond acceptors (Lipinski definition) is 6. The zero-order valence-corrected chi connectivity index (χ0v) is 16.2. The van der Waals surface area contributed by atoms with Crippen LogP contribution in [0.2, 0.25) is 0 Å². The zero-order chi connectivity index (χ0) is 19.0. The van der Waals surface area contributed by atoms with Gasteiger partial charge in [-0.3, -0.25) is 9.69 Å². The van der Waals surface area contributed by atoms with Crippen LogP contribution in [0.5, 0.6) is 11.5 Å². The van der Waals surface area contributed by atoms with Crippen LogP contribution < -0.4 is 14.4 Å². The average molecular weight is 402 g/mol. The van der Waals surface area contributed by atoms with E-state index in [1.807, 2.05) is 48.5 Å². The zero-order valence-electron chi connectivity index (χ0n) is 14.6. The molecule has 0 radical (unpaired) electrons. The van der Waals surface area contributed by atoms with E-state index in [0.717, 1.165) is 27.6 Å².